The van der Waals surface area contributed by atoms with Crippen LogP contribution in [0.4, 0.5) is 18.9 Å². The summed E-state index contributed by atoms with van der Waals surface area (Å²) in [4.78, 5) is 27.4. The van der Waals surface area contributed by atoms with Crippen LogP contribution in [0.1, 0.15) is 32.7 Å². The van der Waals surface area contributed by atoms with Crippen LogP contribution in [0.3, 0.4) is 0 Å². The van der Waals surface area contributed by atoms with Crippen LogP contribution in [0.25, 0.3) is 11.1 Å². The number of nitrogens with one attached hydrogen (secondary N) is 2. The van der Waals surface area contributed by atoms with Crippen LogP contribution >= 0.6 is 0 Å². The van der Waals surface area contributed by atoms with Crippen molar-refractivity contribution in [3.63, 3.8) is 0 Å². The molecule has 8 heteroatoms. The second-order valence-corrected chi connectivity index (χ2v) is 8.07. The molecule has 0 bridgehead atoms. The molecule has 178 valence electrons. The van der Waals surface area contributed by atoms with E-state index in [0.717, 1.165) is 25.1 Å². The van der Waals surface area contributed by atoms with E-state index in [1.165, 1.54) is 12.1 Å². The van der Waals surface area contributed by atoms with Gasteiger partial charge in [-0.05, 0) is 74.6 Å². The molecule has 0 aliphatic carbocycles. The lowest BCUT2D eigenvalue weighted by Gasteiger charge is -2.13. The van der Waals surface area contributed by atoms with Crippen molar-refractivity contribution in [1.29, 1.82) is 0 Å². The first kappa shape index (κ1) is 25.0. The van der Waals surface area contributed by atoms with Gasteiger partial charge in [0.15, 0.2) is 0 Å². The Morgan fingerprint density at radius 1 is 0.882 bits per heavy atom. The molecule has 5 nitrogen and oxygen atoms in total. The molecule has 0 heterocycles. The second kappa shape index (κ2) is 11.0. The highest BCUT2D eigenvalue weighted by Gasteiger charge is 2.30. The minimum Gasteiger partial charge on any atom is -0.352 e. The van der Waals surface area contributed by atoms with E-state index in [9.17, 15) is 22.8 Å². The Labute approximate surface area is 196 Å². The molecule has 0 aliphatic heterocycles. The maximum absolute atomic E-state index is 13.0. The highest BCUT2D eigenvalue weighted by molar-refractivity contribution is 6.09. The fourth-order valence-electron chi connectivity index (χ4n) is 3.41. The van der Waals surface area contributed by atoms with E-state index >= 15 is 0 Å². The third-order valence-electron chi connectivity index (χ3n) is 5.15. The van der Waals surface area contributed by atoms with Crippen molar-refractivity contribution in [1.82, 2.24) is 10.2 Å². The van der Waals surface area contributed by atoms with E-state index < -0.39 is 17.6 Å². The minimum atomic E-state index is -4.43. The van der Waals surface area contributed by atoms with Gasteiger partial charge in [0.2, 0.25) is 0 Å². The van der Waals surface area contributed by atoms with Gasteiger partial charge < -0.3 is 15.5 Å². The molecule has 0 saturated heterocycles. The molecular weight excluding hydrogens is 443 g/mol. The molecule has 0 unspecified atom stereocenters. The van der Waals surface area contributed by atoms with Crippen molar-refractivity contribution in [3.8, 4) is 11.1 Å². The first-order valence-corrected chi connectivity index (χ1v) is 10.8. The standard InChI is InChI=1S/C26H26F3N3O2/c1-32(2)16-6-15-30-24(33)19-7-5-8-21(17-19)31-25(34)23-10-4-3-9-22(23)18-11-13-20(14-12-18)26(27,28)29/h3-5,7-14,17H,6,15-16H2,1-2H3,(H,30,33)(H,31,34). The predicted molar refractivity (Wildman–Crippen MR) is 127 cm³/mol. The number of rotatable bonds is 8. The fourth-order valence-corrected chi connectivity index (χ4v) is 3.41. The lowest BCUT2D eigenvalue weighted by atomic mass is 9.98. The summed E-state index contributed by atoms with van der Waals surface area (Å²) >= 11 is 0. The summed E-state index contributed by atoms with van der Waals surface area (Å²) in [6.45, 7) is 1.39. The molecular formula is C26H26F3N3O2. The zero-order chi connectivity index (χ0) is 24.7. The lowest BCUT2D eigenvalue weighted by Crippen LogP contribution is -2.27. The maximum Gasteiger partial charge on any atom is 0.416 e. The Kier molecular flexibility index (Phi) is 8.07. The van der Waals surface area contributed by atoms with Gasteiger partial charge in [0.1, 0.15) is 0 Å². The van der Waals surface area contributed by atoms with Crippen LogP contribution in [0.15, 0.2) is 72.8 Å². The Balaban J connectivity index is 1.73. The topological polar surface area (TPSA) is 61.4 Å². The molecule has 3 aromatic rings. The van der Waals surface area contributed by atoms with Gasteiger partial charge in [0, 0.05) is 23.4 Å². The zero-order valence-electron chi connectivity index (χ0n) is 18.9. The molecule has 3 aromatic carbocycles. The largest absolute Gasteiger partial charge is 0.416 e. The highest BCUT2D eigenvalue weighted by atomic mass is 19.4. The van der Waals surface area contributed by atoms with E-state index in [0.29, 0.717) is 34.5 Å². The summed E-state index contributed by atoms with van der Waals surface area (Å²) < 4.78 is 38.7. The normalized spacial score (nSPS) is 11.4. The van der Waals surface area contributed by atoms with Crippen molar-refractivity contribution >= 4 is 17.5 Å². The Hall–Kier alpha value is -3.65. The number of carbonyl (C=O) groups is 2. The molecule has 0 atom stereocenters. The van der Waals surface area contributed by atoms with Gasteiger partial charge in [-0.2, -0.15) is 13.2 Å². The SMILES string of the molecule is CN(C)CCCNC(=O)c1cccc(NC(=O)c2ccccc2-c2ccc(C(F)(F)F)cc2)c1. The summed E-state index contributed by atoms with van der Waals surface area (Å²) in [6, 6.07) is 17.9. The quantitative estimate of drug-likeness (QED) is 0.440. The summed E-state index contributed by atoms with van der Waals surface area (Å²) in [6.07, 6.45) is -3.62. The Morgan fingerprint density at radius 3 is 2.26 bits per heavy atom. The van der Waals surface area contributed by atoms with Gasteiger partial charge in [-0.25, -0.2) is 0 Å². The van der Waals surface area contributed by atoms with Crippen LogP contribution in [0.5, 0.6) is 0 Å². The molecule has 0 spiro atoms. The van der Waals surface area contributed by atoms with Crippen LogP contribution < -0.4 is 10.6 Å². The van der Waals surface area contributed by atoms with Crippen molar-refractivity contribution in [2.75, 3.05) is 32.5 Å². The smallest absolute Gasteiger partial charge is 0.352 e. The van der Waals surface area contributed by atoms with Gasteiger partial charge in [-0.3, -0.25) is 9.59 Å². The van der Waals surface area contributed by atoms with Gasteiger partial charge in [-0.15, -0.1) is 0 Å². The first-order valence-electron chi connectivity index (χ1n) is 10.8. The molecule has 3 rings (SSSR count). The Bertz CT molecular complexity index is 1140. The second-order valence-electron chi connectivity index (χ2n) is 8.07. The fraction of sp³-hybridized carbons (Fsp3) is 0.231. The number of amides is 2. The maximum atomic E-state index is 13.0. The number of anilines is 1. The van der Waals surface area contributed by atoms with Gasteiger partial charge in [0.05, 0.1) is 5.56 Å². The van der Waals surface area contributed by atoms with E-state index in [4.69, 9.17) is 0 Å². The molecule has 0 saturated carbocycles. The minimum absolute atomic E-state index is 0.236. The Morgan fingerprint density at radius 2 is 1.59 bits per heavy atom. The van der Waals surface area contributed by atoms with Gasteiger partial charge in [0.25, 0.3) is 11.8 Å². The first-order chi connectivity index (χ1) is 16.1. The predicted octanol–water partition coefficient (Wildman–Crippen LogP) is 5.31. The summed E-state index contributed by atoms with van der Waals surface area (Å²) in [5.74, 6) is -0.668. The molecule has 0 aliphatic rings. The van der Waals surface area contributed by atoms with Crippen LogP contribution in [-0.2, 0) is 6.18 Å². The number of hydrogen-bond acceptors (Lipinski definition) is 3. The van der Waals surface area contributed by atoms with Crippen molar-refractivity contribution < 1.29 is 22.8 Å². The molecule has 34 heavy (non-hydrogen) atoms. The highest BCUT2D eigenvalue weighted by Crippen LogP contribution is 2.32. The van der Waals surface area contributed by atoms with Crippen molar-refractivity contribution in [2.24, 2.45) is 0 Å². The van der Waals surface area contributed by atoms with E-state index in [1.54, 1.807) is 48.5 Å². The van der Waals surface area contributed by atoms with Gasteiger partial charge in [-0.1, -0.05) is 36.4 Å². The number of halogens is 3. The third kappa shape index (κ3) is 6.68. The summed E-state index contributed by atoms with van der Waals surface area (Å²) in [5, 5.41) is 5.63. The summed E-state index contributed by atoms with van der Waals surface area (Å²) in [5.41, 5.74) is 1.40. The van der Waals surface area contributed by atoms with Crippen LogP contribution in [-0.4, -0.2) is 43.9 Å². The number of nitrogens with zero attached hydrogens (tertiary/aromatic N) is 1. The molecule has 2 N–H and O–H groups in total. The van der Waals surface area contributed by atoms with Crippen LogP contribution in [0.2, 0.25) is 0 Å². The van der Waals surface area contributed by atoms with E-state index in [-0.39, 0.29) is 5.91 Å². The van der Waals surface area contributed by atoms with E-state index in [1.807, 2.05) is 19.0 Å². The molecule has 0 fully saturated rings. The molecule has 0 radical (unpaired) electrons. The number of benzene rings is 3. The number of alkyl halides is 3. The zero-order valence-corrected chi connectivity index (χ0v) is 18.9. The number of carbonyl (C=O) groups excluding carboxylic acids is 2. The van der Waals surface area contributed by atoms with Crippen molar-refractivity contribution in [3.05, 3.63) is 89.5 Å². The number of hydrogen-bond donors (Lipinski definition) is 2. The van der Waals surface area contributed by atoms with Gasteiger partial charge >= 0.3 is 6.18 Å². The third-order valence-corrected chi connectivity index (χ3v) is 5.15. The van der Waals surface area contributed by atoms with Crippen LogP contribution in [0, 0.1) is 0 Å². The average Bonchev–Trinajstić information content (AvgIpc) is 2.81. The van der Waals surface area contributed by atoms with E-state index in [2.05, 4.69) is 10.6 Å². The van der Waals surface area contributed by atoms with Crippen molar-refractivity contribution in [2.45, 2.75) is 12.6 Å². The summed E-state index contributed by atoms with van der Waals surface area (Å²) in [7, 11) is 3.92. The average molecular weight is 470 g/mol. The molecule has 2 amide bonds. The lowest BCUT2D eigenvalue weighted by molar-refractivity contribution is -0.137. The molecule has 0 aromatic heterocycles. The monoisotopic (exact) mass is 469 g/mol.